The molecule has 6 nitrogen and oxygen atoms in total. The van der Waals surface area contributed by atoms with Gasteiger partial charge in [-0.1, -0.05) is 0 Å². The summed E-state index contributed by atoms with van der Waals surface area (Å²) in [6, 6.07) is 5.99. The summed E-state index contributed by atoms with van der Waals surface area (Å²) in [5.74, 6) is -2.59. The Bertz CT molecular complexity index is 1070. The predicted octanol–water partition coefficient (Wildman–Crippen LogP) is 2.68. The van der Waals surface area contributed by atoms with Gasteiger partial charge in [-0.3, -0.25) is 4.79 Å². The molecule has 1 aliphatic heterocycles. The zero-order valence-electron chi connectivity index (χ0n) is 15.3. The number of aryl methyl sites for hydroxylation is 1. The quantitative estimate of drug-likeness (QED) is 0.536. The maximum atomic E-state index is 14.6. The Morgan fingerprint density at radius 2 is 2.11 bits per heavy atom. The third-order valence-corrected chi connectivity index (χ3v) is 4.83. The molecule has 1 atom stereocenters. The van der Waals surface area contributed by atoms with Crippen molar-refractivity contribution in [3.05, 3.63) is 65.7 Å². The van der Waals surface area contributed by atoms with Crippen LogP contribution in [0.2, 0.25) is 0 Å². The van der Waals surface area contributed by atoms with Crippen LogP contribution < -0.4 is 15.2 Å². The molecule has 2 N–H and O–H groups in total. The zero-order valence-corrected chi connectivity index (χ0v) is 15.3. The third-order valence-electron chi connectivity index (χ3n) is 4.83. The van der Waals surface area contributed by atoms with E-state index >= 15 is 0 Å². The Morgan fingerprint density at radius 1 is 1.29 bits per heavy atom. The van der Waals surface area contributed by atoms with Gasteiger partial charge in [0.2, 0.25) is 0 Å². The van der Waals surface area contributed by atoms with Gasteiger partial charge in [0.1, 0.15) is 11.6 Å². The highest BCUT2D eigenvalue weighted by Crippen LogP contribution is 2.36. The highest BCUT2D eigenvalue weighted by Gasteiger charge is 2.34. The minimum absolute atomic E-state index is 0.0733. The van der Waals surface area contributed by atoms with E-state index in [1.165, 1.54) is 13.1 Å². The van der Waals surface area contributed by atoms with Gasteiger partial charge in [0, 0.05) is 37.0 Å². The Hall–Kier alpha value is -3.42. The van der Waals surface area contributed by atoms with Crippen molar-refractivity contribution in [2.45, 2.75) is 5.92 Å². The van der Waals surface area contributed by atoms with Gasteiger partial charge in [-0.15, -0.1) is 0 Å². The van der Waals surface area contributed by atoms with Crippen molar-refractivity contribution in [3.63, 3.8) is 0 Å². The Labute approximate surface area is 160 Å². The van der Waals surface area contributed by atoms with Crippen molar-refractivity contribution in [1.82, 2.24) is 9.97 Å². The highest BCUT2D eigenvalue weighted by atomic mass is 19.1. The maximum Gasteiger partial charge on any atom is 0.286 e. The molecular formula is C20H18F2N5O+. The topological polar surface area (TPSA) is 70.8 Å². The number of carbonyl (C=O) groups excluding carboxylic acids is 1. The predicted molar refractivity (Wildman–Crippen MR) is 100 cm³/mol. The van der Waals surface area contributed by atoms with Gasteiger partial charge in [-0.2, -0.15) is 0 Å². The van der Waals surface area contributed by atoms with E-state index in [-0.39, 0.29) is 12.2 Å². The van der Waals surface area contributed by atoms with Crippen molar-refractivity contribution < 1.29 is 18.1 Å². The molecule has 3 aromatic rings. The van der Waals surface area contributed by atoms with E-state index in [0.717, 1.165) is 11.6 Å². The summed E-state index contributed by atoms with van der Waals surface area (Å²) in [5.41, 5.74) is 1.56. The lowest BCUT2D eigenvalue weighted by Crippen LogP contribution is -2.27. The molecule has 0 saturated heterocycles. The van der Waals surface area contributed by atoms with Crippen molar-refractivity contribution in [1.29, 1.82) is 0 Å². The highest BCUT2D eigenvalue weighted by molar-refractivity contribution is 6.04. The van der Waals surface area contributed by atoms with E-state index in [1.54, 1.807) is 23.2 Å². The smallest absolute Gasteiger partial charge is 0.286 e. The SMILES string of the molecule is CNc1ccc(F)c(C(=O)C2CNc3ncc(-c4cc[n+](C)cn4)cc32)c1F. The van der Waals surface area contributed by atoms with Crippen LogP contribution in [0.15, 0.2) is 43.0 Å². The van der Waals surface area contributed by atoms with Gasteiger partial charge in [-0.25, -0.2) is 18.3 Å². The summed E-state index contributed by atoms with van der Waals surface area (Å²) >= 11 is 0. The van der Waals surface area contributed by atoms with E-state index in [9.17, 15) is 13.6 Å². The van der Waals surface area contributed by atoms with Crippen LogP contribution >= 0.6 is 0 Å². The average Bonchev–Trinajstić information content (AvgIpc) is 3.12. The first-order valence-electron chi connectivity index (χ1n) is 8.75. The molecule has 0 aliphatic carbocycles. The summed E-state index contributed by atoms with van der Waals surface area (Å²) < 4.78 is 30.7. The van der Waals surface area contributed by atoms with E-state index < -0.39 is 28.9 Å². The fraction of sp³-hybridized carbons (Fsp3) is 0.200. The summed E-state index contributed by atoms with van der Waals surface area (Å²) in [4.78, 5) is 21.7. The molecular weight excluding hydrogens is 364 g/mol. The van der Waals surface area contributed by atoms with E-state index in [4.69, 9.17) is 0 Å². The minimum atomic E-state index is -0.887. The number of carbonyl (C=O) groups is 1. The first kappa shape index (κ1) is 18.0. The molecule has 2 aromatic heterocycles. The lowest BCUT2D eigenvalue weighted by atomic mass is 9.91. The number of fused-ring (bicyclic) bond motifs is 1. The molecule has 0 radical (unpaired) electrons. The van der Waals surface area contributed by atoms with Gasteiger partial charge in [-0.05, 0) is 23.2 Å². The molecule has 4 rings (SSSR count). The molecule has 28 heavy (non-hydrogen) atoms. The average molecular weight is 382 g/mol. The molecule has 142 valence electrons. The van der Waals surface area contributed by atoms with Gasteiger partial charge < -0.3 is 10.6 Å². The normalized spacial score (nSPS) is 15.1. The number of rotatable bonds is 4. The molecule has 0 saturated carbocycles. The summed E-state index contributed by atoms with van der Waals surface area (Å²) in [7, 11) is 3.37. The van der Waals surface area contributed by atoms with Crippen molar-refractivity contribution in [2.24, 2.45) is 7.05 Å². The van der Waals surface area contributed by atoms with E-state index in [1.807, 2.05) is 19.3 Å². The summed E-state index contributed by atoms with van der Waals surface area (Å²) in [6.45, 7) is 0.227. The van der Waals surface area contributed by atoms with Crippen molar-refractivity contribution >= 4 is 17.3 Å². The number of pyridine rings is 1. The molecule has 1 unspecified atom stereocenters. The van der Waals surface area contributed by atoms with Crippen LogP contribution in [0, 0.1) is 11.6 Å². The molecule has 1 aliphatic rings. The molecule has 8 heteroatoms. The van der Waals surface area contributed by atoms with Crippen molar-refractivity contribution in [2.75, 3.05) is 24.2 Å². The van der Waals surface area contributed by atoms with Crippen molar-refractivity contribution in [3.8, 4) is 11.3 Å². The van der Waals surface area contributed by atoms with Crippen LogP contribution in [0.1, 0.15) is 21.8 Å². The minimum Gasteiger partial charge on any atom is -0.386 e. The Balaban J connectivity index is 1.74. The second-order valence-corrected chi connectivity index (χ2v) is 6.60. The van der Waals surface area contributed by atoms with E-state index in [2.05, 4.69) is 20.6 Å². The first-order valence-corrected chi connectivity index (χ1v) is 8.75. The number of halogens is 2. The number of hydrogen-bond donors (Lipinski definition) is 2. The number of nitrogens with one attached hydrogen (secondary N) is 2. The second-order valence-electron chi connectivity index (χ2n) is 6.60. The molecule has 0 spiro atoms. The van der Waals surface area contributed by atoms with Gasteiger partial charge in [0.05, 0.1) is 30.4 Å². The Morgan fingerprint density at radius 3 is 2.82 bits per heavy atom. The molecule has 0 fully saturated rings. The summed E-state index contributed by atoms with van der Waals surface area (Å²) in [6.07, 6.45) is 5.17. The summed E-state index contributed by atoms with van der Waals surface area (Å²) in [5, 5.41) is 5.67. The second kappa shape index (κ2) is 6.95. The van der Waals surface area contributed by atoms with Crippen LogP contribution in [0.25, 0.3) is 11.3 Å². The van der Waals surface area contributed by atoms with Gasteiger partial charge in [0.25, 0.3) is 6.33 Å². The fourth-order valence-electron chi connectivity index (χ4n) is 3.32. The maximum absolute atomic E-state index is 14.6. The third kappa shape index (κ3) is 2.96. The van der Waals surface area contributed by atoms with E-state index in [0.29, 0.717) is 17.1 Å². The van der Waals surface area contributed by atoms with Gasteiger partial charge in [0.15, 0.2) is 17.3 Å². The number of benzene rings is 1. The zero-order chi connectivity index (χ0) is 19.8. The lowest BCUT2D eigenvalue weighted by Gasteiger charge is -2.13. The van der Waals surface area contributed by atoms with Crippen LogP contribution in [0.3, 0.4) is 0 Å². The largest absolute Gasteiger partial charge is 0.386 e. The standard InChI is InChI=1S/C20H17F2N5O/c1-23-16-4-3-14(21)17(18(16)22)19(28)13-9-25-20-12(13)7-11(8-24-20)15-5-6-27(2)10-26-15/h3-8,10,13,23H,9H2,1-2H3/p+1. The molecule has 3 heterocycles. The number of hydrogen-bond acceptors (Lipinski definition) is 5. The molecule has 0 amide bonds. The number of Topliss-reactive ketones (excluding diaryl/α,β-unsaturated/α-hetero) is 1. The molecule has 1 aromatic carbocycles. The monoisotopic (exact) mass is 382 g/mol. The lowest BCUT2D eigenvalue weighted by molar-refractivity contribution is -0.674. The van der Waals surface area contributed by atoms with Crippen LogP contribution in [-0.4, -0.2) is 29.3 Å². The van der Waals surface area contributed by atoms with Crippen LogP contribution in [0.4, 0.5) is 20.3 Å². The van der Waals surface area contributed by atoms with Crippen LogP contribution in [0.5, 0.6) is 0 Å². The Kier molecular flexibility index (Phi) is 4.46. The van der Waals surface area contributed by atoms with Crippen LogP contribution in [-0.2, 0) is 7.05 Å². The number of nitrogens with zero attached hydrogens (tertiary/aromatic N) is 3. The first-order chi connectivity index (χ1) is 13.5. The van der Waals surface area contributed by atoms with Gasteiger partial charge >= 0.3 is 0 Å². The molecule has 0 bridgehead atoms. The number of aromatic nitrogens is 3. The fourth-order valence-corrected chi connectivity index (χ4v) is 3.32. The number of ketones is 1. The number of anilines is 2.